The van der Waals surface area contributed by atoms with Crippen LogP contribution in [-0.4, -0.2) is 40.2 Å². The lowest BCUT2D eigenvalue weighted by Gasteiger charge is -2.41. The summed E-state index contributed by atoms with van der Waals surface area (Å²) < 4.78 is 6.17. The number of aromatic nitrogens is 2. The fourth-order valence-electron chi connectivity index (χ4n) is 3.51. The highest BCUT2D eigenvalue weighted by Crippen LogP contribution is 2.43. The van der Waals surface area contributed by atoms with Crippen LogP contribution in [0.5, 0.6) is 0 Å². The zero-order chi connectivity index (χ0) is 14.5. The molecule has 21 heavy (non-hydrogen) atoms. The van der Waals surface area contributed by atoms with Crippen molar-refractivity contribution < 1.29 is 4.74 Å². The lowest BCUT2D eigenvalue weighted by molar-refractivity contribution is -0.0856. The lowest BCUT2D eigenvalue weighted by atomic mass is 9.80. The Balaban J connectivity index is 1.75. The van der Waals surface area contributed by atoms with Gasteiger partial charge < -0.3 is 10.1 Å². The van der Waals surface area contributed by atoms with E-state index in [-0.39, 0.29) is 5.60 Å². The van der Waals surface area contributed by atoms with Crippen LogP contribution in [0.1, 0.15) is 44.3 Å². The maximum absolute atomic E-state index is 6.17. The van der Waals surface area contributed by atoms with E-state index in [2.05, 4.69) is 28.3 Å². The predicted octanol–water partition coefficient (Wildman–Crippen LogP) is 2.82. The molecule has 0 saturated carbocycles. The molecule has 0 bridgehead atoms. The molecule has 2 fully saturated rings. The van der Waals surface area contributed by atoms with Crippen LogP contribution in [0.25, 0.3) is 0 Å². The molecule has 5 heteroatoms. The van der Waals surface area contributed by atoms with Crippen molar-refractivity contribution in [3.8, 4) is 0 Å². The first-order chi connectivity index (χ1) is 10.3. The van der Waals surface area contributed by atoms with Gasteiger partial charge in [0, 0.05) is 18.6 Å². The summed E-state index contributed by atoms with van der Waals surface area (Å²) in [7, 11) is 0. The molecule has 116 valence electrons. The zero-order valence-electron chi connectivity index (χ0n) is 12.8. The second-order valence-corrected chi connectivity index (χ2v) is 7.26. The summed E-state index contributed by atoms with van der Waals surface area (Å²) >= 11 is 2.04. The van der Waals surface area contributed by atoms with Crippen LogP contribution in [0.15, 0.2) is 18.6 Å². The number of hydrogen-bond acceptors (Lipinski definition) is 5. The number of hydrogen-bond donors (Lipinski definition) is 1. The minimum atomic E-state index is 0.132. The second kappa shape index (κ2) is 7.07. The van der Waals surface area contributed by atoms with Crippen molar-refractivity contribution in [2.75, 3.05) is 24.7 Å². The van der Waals surface area contributed by atoms with E-state index in [0.29, 0.717) is 12.0 Å². The Morgan fingerprint density at radius 2 is 2.52 bits per heavy atom. The molecule has 0 radical (unpaired) electrons. The van der Waals surface area contributed by atoms with Crippen LogP contribution in [-0.2, 0) is 4.74 Å². The summed E-state index contributed by atoms with van der Waals surface area (Å²) in [6, 6.07) is 2.39. The average molecular weight is 307 g/mol. The minimum absolute atomic E-state index is 0.132. The van der Waals surface area contributed by atoms with E-state index >= 15 is 0 Å². The predicted molar refractivity (Wildman–Crippen MR) is 86.4 cm³/mol. The zero-order valence-corrected chi connectivity index (χ0v) is 13.6. The third-order valence-corrected chi connectivity index (χ3v) is 5.83. The van der Waals surface area contributed by atoms with Crippen LogP contribution in [0.4, 0.5) is 0 Å². The van der Waals surface area contributed by atoms with E-state index in [9.17, 15) is 0 Å². The van der Waals surface area contributed by atoms with Gasteiger partial charge in [0.05, 0.1) is 17.3 Å². The van der Waals surface area contributed by atoms with Gasteiger partial charge in [-0.1, -0.05) is 6.92 Å². The molecule has 0 amide bonds. The lowest BCUT2D eigenvalue weighted by Crippen LogP contribution is -2.44. The Morgan fingerprint density at radius 3 is 3.24 bits per heavy atom. The molecule has 2 aliphatic rings. The maximum atomic E-state index is 6.17. The highest BCUT2D eigenvalue weighted by Gasteiger charge is 2.42. The number of ether oxygens (including phenoxy) is 1. The van der Waals surface area contributed by atoms with Gasteiger partial charge >= 0.3 is 0 Å². The van der Waals surface area contributed by atoms with Gasteiger partial charge in [-0.15, -0.1) is 0 Å². The van der Waals surface area contributed by atoms with Crippen molar-refractivity contribution >= 4 is 11.8 Å². The summed E-state index contributed by atoms with van der Waals surface area (Å²) in [5, 5.41) is 3.71. The van der Waals surface area contributed by atoms with Gasteiger partial charge in [0.2, 0.25) is 0 Å². The number of nitrogens with zero attached hydrogens (tertiary/aromatic N) is 2. The highest BCUT2D eigenvalue weighted by molar-refractivity contribution is 7.99. The molecule has 2 aliphatic heterocycles. The van der Waals surface area contributed by atoms with Crippen LogP contribution in [0, 0.1) is 5.92 Å². The summed E-state index contributed by atoms with van der Waals surface area (Å²) in [6.45, 7) is 4.14. The monoisotopic (exact) mass is 307 g/mol. The van der Waals surface area contributed by atoms with Crippen molar-refractivity contribution in [2.45, 2.75) is 44.2 Å². The SMILES string of the molecule is CCCNC(c1ccncn1)C1CCOC2(CCSC2)C1. The normalized spacial score (nSPS) is 30.6. The summed E-state index contributed by atoms with van der Waals surface area (Å²) in [4.78, 5) is 8.56. The highest BCUT2D eigenvalue weighted by atomic mass is 32.2. The van der Waals surface area contributed by atoms with Gasteiger partial charge in [-0.3, -0.25) is 0 Å². The summed E-state index contributed by atoms with van der Waals surface area (Å²) in [5.41, 5.74) is 1.26. The smallest absolute Gasteiger partial charge is 0.115 e. The van der Waals surface area contributed by atoms with Crippen molar-refractivity contribution in [3.63, 3.8) is 0 Å². The summed E-state index contributed by atoms with van der Waals surface area (Å²) in [6.07, 6.45) is 8.15. The Labute approximate surface area is 131 Å². The quantitative estimate of drug-likeness (QED) is 0.906. The fraction of sp³-hybridized carbons (Fsp3) is 0.750. The Morgan fingerprint density at radius 1 is 1.57 bits per heavy atom. The van der Waals surface area contributed by atoms with Gasteiger partial charge in [0.1, 0.15) is 6.33 Å². The van der Waals surface area contributed by atoms with Crippen LogP contribution in [0.3, 0.4) is 0 Å². The molecule has 2 saturated heterocycles. The van der Waals surface area contributed by atoms with E-state index in [1.165, 1.54) is 12.2 Å². The first-order valence-corrected chi connectivity index (χ1v) is 9.19. The van der Waals surface area contributed by atoms with Gasteiger partial charge in [-0.25, -0.2) is 9.97 Å². The molecule has 4 nitrogen and oxygen atoms in total. The third kappa shape index (κ3) is 3.58. The Kier molecular flexibility index (Phi) is 5.14. The molecule has 1 aromatic heterocycles. The molecule has 0 aromatic carbocycles. The van der Waals surface area contributed by atoms with Gasteiger partial charge in [0.25, 0.3) is 0 Å². The molecule has 3 atom stereocenters. The summed E-state index contributed by atoms with van der Waals surface area (Å²) in [5.74, 6) is 3.01. The number of thioether (sulfide) groups is 1. The van der Waals surface area contributed by atoms with Crippen molar-refractivity contribution in [2.24, 2.45) is 5.92 Å². The first-order valence-electron chi connectivity index (χ1n) is 8.04. The number of nitrogens with one attached hydrogen (secondary N) is 1. The Bertz CT molecular complexity index is 436. The van der Waals surface area contributed by atoms with Gasteiger partial charge in [0.15, 0.2) is 0 Å². The van der Waals surface area contributed by atoms with Crippen molar-refractivity contribution in [3.05, 3.63) is 24.3 Å². The second-order valence-electron chi connectivity index (χ2n) is 6.15. The molecule has 1 aromatic rings. The van der Waals surface area contributed by atoms with E-state index in [1.54, 1.807) is 6.33 Å². The van der Waals surface area contributed by atoms with E-state index in [1.807, 2.05) is 18.0 Å². The van der Waals surface area contributed by atoms with E-state index < -0.39 is 0 Å². The maximum Gasteiger partial charge on any atom is 0.115 e. The Hall–Kier alpha value is -0.650. The first kappa shape index (κ1) is 15.3. The van der Waals surface area contributed by atoms with Crippen LogP contribution in [0.2, 0.25) is 0 Å². The van der Waals surface area contributed by atoms with E-state index in [4.69, 9.17) is 4.74 Å². The largest absolute Gasteiger partial charge is 0.374 e. The van der Waals surface area contributed by atoms with Crippen LogP contribution < -0.4 is 5.32 Å². The minimum Gasteiger partial charge on any atom is -0.374 e. The standard InChI is InChI=1S/C16H25N3OS/c1-2-6-18-15(14-3-7-17-12-19-14)13-4-8-20-16(10-13)5-9-21-11-16/h3,7,12-13,15,18H,2,4-6,8-11H2,1H3. The molecule has 3 heterocycles. The van der Waals surface area contributed by atoms with Gasteiger partial charge in [-0.2, -0.15) is 11.8 Å². The van der Waals surface area contributed by atoms with Crippen molar-refractivity contribution in [1.82, 2.24) is 15.3 Å². The fourth-order valence-corrected chi connectivity index (χ4v) is 4.89. The van der Waals surface area contributed by atoms with Crippen molar-refractivity contribution in [1.29, 1.82) is 0 Å². The third-order valence-electron chi connectivity index (χ3n) is 4.61. The van der Waals surface area contributed by atoms with Gasteiger partial charge in [-0.05, 0) is 50.0 Å². The van der Waals surface area contributed by atoms with Crippen LogP contribution >= 0.6 is 11.8 Å². The van der Waals surface area contributed by atoms with E-state index in [0.717, 1.165) is 43.9 Å². The topological polar surface area (TPSA) is 47.0 Å². The molecule has 1 N–H and O–H groups in total. The molecule has 3 rings (SSSR count). The molecular weight excluding hydrogens is 282 g/mol. The molecule has 0 aliphatic carbocycles. The average Bonchev–Trinajstić information content (AvgIpc) is 2.97. The molecule has 1 spiro atoms. The number of rotatable bonds is 5. The molecular formula is C16H25N3OS. The molecule has 3 unspecified atom stereocenters.